The summed E-state index contributed by atoms with van der Waals surface area (Å²) in [6.45, 7) is 0. The zero-order valence-corrected chi connectivity index (χ0v) is 11.5. The van der Waals surface area contributed by atoms with Gasteiger partial charge in [0.15, 0.2) is 11.7 Å². The summed E-state index contributed by atoms with van der Waals surface area (Å²) in [6.07, 6.45) is -0.699. The molecule has 3 rings (SSSR count). The monoisotopic (exact) mass is 321 g/mol. The summed E-state index contributed by atoms with van der Waals surface area (Å²) >= 11 is 0. The maximum Gasteiger partial charge on any atom is 0.414 e. The minimum Gasteiger partial charge on any atom is -0.335 e. The molecule has 3 aromatic rings. The Morgan fingerprint density at radius 3 is 2.74 bits per heavy atom. The lowest BCUT2D eigenvalue weighted by atomic mass is 10.1. The van der Waals surface area contributed by atoms with Gasteiger partial charge in [-0.05, 0) is 24.3 Å². The Hall–Kier alpha value is -2.97. The first kappa shape index (κ1) is 14.9. The van der Waals surface area contributed by atoms with E-state index in [4.69, 9.17) is 0 Å². The largest absolute Gasteiger partial charge is 0.414 e. The number of nitrogens with one attached hydrogen (secondary N) is 1. The maximum absolute atomic E-state index is 13.2. The van der Waals surface area contributed by atoms with E-state index in [1.807, 2.05) is 5.32 Å². The van der Waals surface area contributed by atoms with Crippen molar-refractivity contribution >= 4 is 11.6 Å². The van der Waals surface area contributed by atoms with Crippen LogP contribution >= 0.6 is 0 Å². The molecule has 0 bridgehead atoms. The lowest BCUT2D eigenvalue weighted by molar-refractivity contribution is -0.156. The van der Waals surface area contributed by atoms with Crippen LogP contribution in [-0.2, 0) is 0 Å². The molecule has 0 aromatic carbocycles. The van der Waals surface area contributed by atoms with Crippen molar-refractivity contribution in [3.05, 3.63) is 60.3 Å². The van der Waals surface area contributed by atoms with Gasteiger partial charge in [0.05, 0.1) is 5.69 Å². The van der Waals surface area contributed by atoms with E-state index in [1.54, 1.807) is 0 Å². The Bertz CT molecular complexity index is 831. The fourth-order valence-corrected chi connectivity index (χ4v) is 2.04. The molecule has 0 saturated heterocycles. The molecule has 0 aliphatic rings. The molecule has 118 valence electrons. The molecule has 0 aliphatic carbocycles. The minimum atomic E-state index is -4.66. The highest BCUT2D eigenvalue weighted by Crippen LogP contribution is 2.31. The summed E-state index contributed by atoms with van der Waals surface area (Å²) in [5, 5.41) is 5.81. The number of fused-ring (bicyclic) bond motifs is 1. The fourth-order valence-electron chi connectivity index (χ4n) is 2.04. The molecule has 6 nitrogen and oxygen atoms in total. The lowest BCUT2D eigenvalue weighted by Crippen LogP contribution is -2.38. The van der Waals surface area contributed by atoms with Crippen LogP contribution in [0.25, 0.3) is 5.65 Å². The Morgan fingerprint density at radius 1 is 1.22 bits per heavy atom. The molecule has 0 saturated carbocycles. The number of carbonyl (C=O) groups is 1. The van der Waals surface area contributed by atoms with Crippen molar-refractivity contribution < 1.29 is 18.0 Å². The molecular formula is C14H10F3N5O. The van der Waals surface area contributed by atoms with Crippen molar-refractivity contribution in [2.45, 2.75) is 12.2 Å². The Labute approximate surface area is 128 Å². The number of amides is 1. The van der Waals surface area contributed by atoms with Gasteiger partial charge >= 0.3 is 6.18 Å². The van der Waals surface area contributed by atoms with Gasteiger partial charge in [0.25, 0.3) is 5.91 Å². The van der Waals surface area contributed by atoms with Crippen molar-refractivity contribution in [1.82, 2.24) is 24.9 Å². The van der Waals surface area contributed by atoms with Crippen LogP contribution in [-0.4, -0.2) is 31.7 Å². The van der Waals surface area contributed by atoms with Gasteiger partial charge < -0.3 is 5.32 Å². The molecule has 0 radical (unpaired) electrons. The van der Waals surface area contributed by atoms with E-state index in [0.29, 0.717) is 5.65 Å². The second-order valence-corrected chi connectivity index (χ2v) is 4.68. The third-order valence-corrected chi connectivity index (χ3v) is 3.13. The van der Waals surface area contributed by atoms with Gasteiger partial charge in [-0.2, -0.15) is 18.3 Å². The maximum atomic E-state index is 13.2. The zero-order chi connectivity index (χ0) is 16.4. The first-order chi connectivity index (χ1) is 10.9. The van der Waals surface area contributed by atoms with Gasteiger partial charge in [-0.3, -0.25) is 9.78 Å². The van der Waals surface area contributed by atoms with Crippen LogP contribution in [0.2, 0.25) is 0 Å². The molecule has 0 aliphatic heterocycles. The number of alkyl halides is 3. The zero-order valence-electron chi connectivity index (χ0n) is 11.5. The van der Waals surface area contributed by atoms with Crippen molar-refractivity contribution in [1.29, 1.82) is 0 Å². The minimum absolute atomic E-state index is 0.0516. The third kappa shape index (κ3) is 3.12. The van der Waals surface area contributed by atoms with Crippen LogP contribution in [0.3, 0.4) is 0 Å². The summed E-state index contributed by atoms with van der Waals surface area (Å²) < 4.78 is 41.0. The number of pyridine rings is 2. The Kier molecular flexibility index (Phi) is 3.68. The molecule has 0 fully saturated rings. The normalized spacial score (nSPS) is 13.0. The van der Waals surface area contributed by atoms with Gasteiger partial charge in [0.1, 0.15) is 6.33 Å². The van der Waals surface area contributed by atoms with Crippen LogP contribution in [0.4, 0.5) is 13.2 Å². The first-order valence-corrected chi connectivity index (χ1v) is 6.53. The summed E-state index contributed by atoms with van der Waals surface area (Å²) in [7, 11) is 0. The standard InChI is InChI=1S/C14H10F3N5O/c15-14(16,17)12(10-3-1-2-5-18-10)21-13(23)9-4-6-22-11(7-9)19-8-20-22/h1-8,12H,(H,21,23). The van der Waals surface area contributed by atoms with Crippen LogP contribution in [0.1, 0.15) is 22.1 Å². The molecule has 0 spiro atoms. The Balaban J connectivity index is 1.88. The summed E-state index contributed by atoms with van der Waals surface area (Å²) in [5.74, 6) is -0.872. The number of hydrogen-bond acceptors (Lipinski definition) is 4. The molecule has 3 aromatic heterocycles. The van der Waals surface area contributed by atoms with Gasteiger partial charge in [0.2, 0.25) is 0 Å². The van der Waals surface area contributed by atoms with Crippen LogP contribution < -0.4 is 5.32 Å². The third-order valence-electron chi connectivity index (χ3n) is 3.13. The van der Waals surface area contributed by atoms with Crippen molar-refractivity contribution in [3.8, 4) is 0 Å². The summed E-state index contributed by atoms with van der Waals surface area (Å²) in [5.41, 5.74) is 0.131. The Morgan fingerprint density at radius 2 is 2.04 bits per heavy atom. The van der Waals surface area contributed by atoms with Gasteiger partial charge in [-0.1, -0.05) is 6.07 Å². The molecule has 3 heterocycles. The average Bonchev–Trinajstić information content (AvgIpc) is 2.99. The SMILES string of the molecule is O=C(NC(c1ccccn1)C(F)(F)F)c1ccn2ncnc2c1. The van der Waals surface area contributed by atoms with Gasteiger partial charge in [-0.25, -0.2) is 9.50 Å². The lowest BCUT2D eigenvalue weighted by Gasteiger charge is -2.21. The highest BCUT2D eigenvalue weighted by atomic mass is 19.4. The number of halogens is 3. The van der Waals surface area contributed by atoms with E-state index in [2.05, 4.69) is 15.1 Å². The molecule has 23 heavy (non-hydrogen) atoms. The van der Waals surface area contributed by atoms with E-state index in [1.165, 1.54) is 53.6 Å². The molecular weight excluding hydrogens is 311 g/mol. The van der Waals surface area contributed by atoms with Crippen molar-refractivity contribution in [2.24, 2.45) is 0 Å². The molecule has 1 N–H and O–H groups in total. The number of hydrogen-bond donors (Lipinski definition) is 1. The topological polar surface area (TPSA) is 72.2 Å². The first-order valence-electron chi connectivity index (χ1n) is 6.53. The van der Waals surface area contributed by atoms with Crippen LogP contribution in [0.5, 0.6) is 0 Å². The van der Waals surface area contributed by atoms with E-state index in [9.17, 15) is 18.0 Å². The summed E-state index contributed by atoms with van der Waals surface area (Å²) in [4.78, 5) is 19.7. The van der Waals surface area contributed by atoms with E-state index in [0.717, 1.165) is 0 Å². The van der Waals surface area contributed by atoms with E-state index < -0.39 is 18.1 Å². The highest BCUT2D eigenvalue weighted by Gasteiger charge is 2.42. The van der Waals surface area contributed by atoms with Crippen molar-refractivity contribution in [3.63, 3.8) is 0 Å². The quantitative estimate of drug-likeness (QED) is 0.802. The number of carbonyl (C=O) groups excluding carboxylic acids is 1. The van der Waals surface area contributed by atoms with Crippen molar-refractivity contribution in [2.75, 3.05) is 0 Å². The second kappa shape index (κ2) is 5.67. The predicted molar refractivity (Wildman–Crippen MR) is 73.5 cm³/mol. The fraction of sp³-hybridized carbons (Fsp3) is 0.143. The predicted octanol–water partition coefficient (Wildman–Crippen LogP) is 2.16. The second-order valence-electron chi connectivity index (χ2n) is 4.68. The summed E-state index contributed by atoms with van der Waals surface area (Å²) in [6, 6.07) is 4.66. The molecule has 9 heteroatoms. The molecule has 1 amide bonds. The number of aromatic nitrogens is 4. The number of nitrogens with zero attached hydrogens (tertiary/aromatic N) is 4. The van der Waals surface area contributed by atoms with Crippen LogP contribution in [0, 0.1) is 0 Å². The van der Waals surface area contributed by atoms with Gasteiger partial charge in [0, 0.05) is 18.0 Å². The molecule has 1 unspecified atom stereocenters. The van der Waals surface area contributed by atoms with Gasteiger partial charge in [-0.15, -0.1) is 0 Å². The smallest absolute Gasteiger partial charge is 0.335 e. The molecule has 1 atom stereocenters. The van der Waals surface area contributed by atoms with E-state index >= 15 is 0 Å². The average molecular weight is 321 g/mol. The number of rotatable bonds is 3. The van der Waals surface area contributed by atoms with Crippen LogP contribution in [0.15, 0.2) is 49.1 Å². The highest BCUT2D eigenvalue weighted by molar-refractivity contribution is 5.95. The van der Waals surface area contributed by atoms with E-state index in [-0.39, 0.29) is 11.3 Å².